The average Bonchev–Trinajstić information content (AvgIpc) is 3.57. The van der Waals surface area contributed by atoms with Crippen LogP contribution in [0.25, 0.3) is 0 Å². The molecule has 5 nitrogen and oxygen atoms in total. The van der Waals surface area contributed by atoms with Crippen molar-refractivity contribution in [1.82, 2.24) is 5.43 Å². The standard InChI is InChI=1S/C25H23BrN2O3/c1-30-22-14-23(31-2)21(26)13-17(22)16-27-28-24(29)20-15-25(20,18-9-5-3-6-10-18)19-11-7-4-8-12-19/h3-14,16,20H,15H2,1-2H3,(H,28,29)/t20-/m1/s1. The smallest absolute Gasteiger partial charge is 0.244 e. The minimum Gasteiger partial charge on any atom is -0.496 e. The first-order valence-corrected chi connectivity index (χ1v) is 10.7. The Balaban J connectivity index is 1.54. The van der Waals surface area contributed by atoms with Gasteiger partial charge in [0.2, 0.25) is 5.91 Å². The second kappa shape index (κ2) is 8.94. The number of carbonyl (C=O) groups is 1. The van der Waals surface area contributed by atoms with Crippen molar-refractivity contribution in [3.8, 4) is 11.5 Å². The molecule has 0 saturated heterocycles. The van der Waals surface area contributed by atoms with Crippen LogP contribution in [0.2, 0.25) is 0 Å². The van der Waals surface area contributed by atoms with E-state index in [1.54, 1.807) is 26.5 Å². The first-order valence-electron chi connectivity index (χ1n) is 9.95. The molecule has 1 atom stereocenters. The number of ether oxygens (including phenoxy) is 2. The topological polar surface area (TPSA) is 59.9 Å². The molecule has 0 heterocycles. The third kappa shape index (κ3) is 4.08. The van der Waals surface area contributed by atoms with Crippen molar-refractivity contribution in [3.63, 3.8) is 0 Å². The summed E-state index contributed by atoms with van der Waals surface area (Å²) >= 11 is 3.46. The normalized spacial score (nSPS) is 16.7. The first-order chi connectivity index (χ1) is 15.1. The zero-order valence-electron chi connectivity index (χ0n) is 17.3. The molecule has 0 bridgehead atoms. The van der Waals surface area contributed by atoms with Gasteiger partial charge in [0.1, 0.15) is 11.5 Å². The highest BCUT2D eigenvalue weighted by molar-refractivity contribution is 9.10. The van der Waals surface area contributed by atoms with E-state index < -0.39 is 0 Å². The Morgan fingerprint density at radius 3 is 2.13 bits per heavy atom. The SMILES string of the molecule is COc1cc(OC)c(C=NNC(=O)[C@H]2CC2(c2ccccc2)c2ccccc2)cc1Br. The fourth-order valence-corrected chi connectivity index (χ4v) is 4.61. The van der Waals surface area contributed by atoms with Crippen LogP contribution >= 0.6 is 15.9 Å². The van der Waals surface area contributed by atoms with Crippen molar-refractivity contribution < 1.29 is 14.3 Å². The summed E-state index contributed by atoms with van der Waals surface area (Å²) in [6.45, 7) is 0. The van der Waals surface area contributed by atoms with Gasteiger partial charge in [-0.15, -0.1) is 0 Å². The van der Waals surface area contributed by atoms with Crippen LogP contribution in [0.4, 0.5) is 0 Å². The van der Waals surface area contributed by atoms with Crippen LogP contribution < -0.4 is 14.9 Å². The first kappa shape index (κ1) is 21.1. The predicted molar refractivity (Wildman–Crippen MR) is 125 cm³/mol. The average molecular weight is 479 g/mol. The highest BCUT2D eigenvalue weighted by Gasteiger charge is 2.60. The van der Waals surface area contributed by atoms with Crippen molar-refractivity contribution in [2.75, 3.05) is 14.2 Å². The Bertz CT molecular complexity index is 1060. The molecule has 0 spiro atoms. The molecule has 1 saturated carbocycles. The van der Waals surface area contributed by atoms with E-state index >= 15 is 0 Å². The zero-order chi connectivity index (χ0) is 21.8. The maximum absolute atomic E-state index is 13.0. The maximum atomic E-state index is 13.0. The lowest BCUT2D eigenvalue weighted by Gasteiger charge is -2.18. The van der Waals surface area contributed by atoms with Crippen molar-refractivity contribution in [3.05, 3.63) is 94.0 Å². The molecule has 1 aliphatic rings. The lowest BCUT2D eigenvalue weighted by atomic mass is 9.85. The number of nitrogens with zero attached hydrogens (tertiary/aromatic N) is 1. The molecule has 0 radical (unpaired) electrons. The molecule has 31 heavy (non-hydrogen) atoms. The van der Waals surface area contributed by atoms with Crippen molar-refractivity contribution in [2.45, 2.75) is 11.8 Å². The molecule has 158 valence electrons. The highest BCUT2D eigenvalue weighted by Crippen LogP contribution is 2.58. The van der Waals surface area contributed by atoms with Crippen LogP contribution in [0.15, 0.2) is 82.4 Å². The molecule has 1 fully saturated rings. The Kier molecular flexibility index (Phi) is 6.09. The third-order valence-corrected chi connectivity index (χ3v) is 6.36. The molecule has 0 unspecified atom stereocenters. The number of rotatable bonds is 7. The zero-order valence-corrected chi connectivity index (χ0v) is 18.9. The summed E-state index contributed by atoms with van der Waals surface area (Å²) in [5, 5.41) is 4.19. The molecule has 0 aromatic heterocycles. The summed E-state index contributed by atoms with van der Waals surface area (Å²) in [7, 11) is 3.17. The monoisotopic (exact) mass is 478 g/mol. The third-order valence-electron chi connectivity index (χ3n) is 5.74. The van der Waals surface area contributed by atoms with Gasteiger partial charge in [-0.2, -0.15) is 5.10 Å². The summed E-state index contributed by atoms with van der Waals surface area (Å²) in [4.78, 5) is 13.0. The predicted octanol–water partition coefficient (Wildman–Crippen LogP) is 4.92. The highest BCUT2D eigenvalue weighted by atomic mass is 79.9. The van der Waals surface area contributed by atoms with Gasteiger partial charge in [0, 0.05) is 17.0 Å². The van der Waals surface area contributed by atoms with E-state index in [1.165, 1.54) is 0 Å². The largest absolute Gasteiger partial charge is 0.496 e. The minimum absolute atomic E-state index is 0.101. The minimum atomic E-state index is -0.317. The summed E-state index contributed by atoms with van der Waals surface area (Å²) in [6.07, 6.45) is 2.33. The Labute approximate surface area is 190 Å². The van der Waals surface area contributed by atoms with Crippen molar-refractivity contribution in [2.24, 2.45) is 11.0 Å². The number of amides is 1. The number of hydrogen-bond acceptors (Lipinski definition) is 4. The molecular formula is C25H23BrN2O3. The number of halogens is 1. The van der Waals surface area contributed by atoms with Crippen molar-refractivity contribution >= 4 is 28.1 Å². The van der Waals surface area contributed by atoms with Crippen LogP contribution in [0.1, 0.15) is 23.1 Å². The number of methoxy groups -OCH3 is 2. The summed E-state index contributed by atoms with van der Waals surface area (Å²) in [5.41, 5.74) is 5.41. The number of hydrogen-bond donors (Lipinski definition) is 1. The van der Waals surface area contributed by atoms with Gasteiger partial charge in [-0.1, -0.05) is 60.7 Å². The van der Waals surface area contributed by atoms with E-state index in [1.807, 2.05) is 42.5 Å². The van der Waals surface area contributed by atoms with E-state index in [2.05, 4.69) is 50.7 Å². The van der Waals surface area contributed by atoms with Crippen LogP contribution in [0, 0.1) is 5.92 Å². The molecular weight excluding hydrogens is 456 g/mol. The van der Waals surface area contributed by atoms with Crippen LogP contribution in [0.3, 0.4) is 0 Å². The summed E-state index contributed by atoms with van der Waals surface area (Å²) in [6, 6.07) is 24.0. The number of nitrogens with one attached hydrogen (secondary N) is 1. The van der Waals surface area contributed by atoms with Crippen LogP contribution in [-0.4, -0.2) is 26.3 Å². The lowest BCUT2D eigenvalue weighted by Crippen LogP contribution is -2.25. The van der Waals surface area contributed by atoms with E-state index in [9.17, 15) is 4.79 Å². The molecule has 6 heteroatoms. The fraction of sp³-hybridized carbons (Fsp3) is 0.200. The molecule has 4 rings (SSSR count). The van der Waals surface area contributed by atoms with Gasteiger partial charge in [0.15, 0.2) is 0 Å². The van der Waals surface area contributed by atoms with E-state index in [0.717, 1.165) is 27.6 Å². The van der Waals surface area contributed by atoms with Gasteiger partial charge in [-0.05, 0) is 39.5 Å². The maximum Gasteiger partial charge on any atom is 0.244 e. The van der Waals surface area contributed by atoms with E-state index in [4.69, 9.17) is 9.47 Å². The molecule has 3 aromatic rings. The Hall–Kier alpha value is -3.12. The van der Waals surface area contributed by atoms with Gasteiger partial charge in [0.25, 0.3) is 0 Å². The Morgan fingerprint density at radius 2 is 1.58 bits per heavy atom. The molecule has 1 N–H and O–H groups in total. The quantitative estimate of drug-likeness (QED) is 0.387. The number of carbonyl (C=O) groups excluding carboxylic acids is 1. The van der Waals surface area contributed by atoms with Gasteiger partial charge in [0.05, 0.1) is 30.8 Å². The van der Waals surface area contributed by atoms with Crippen molar-refractivity contribution in [1.29, 1.82) is 0 Å². The lowest BCUT2D eigenvalue weighted by molar-refractivity contribution is -0.122. The second-order valence-corrected chi connectivity index (χ2v) is 8.28. The van der Waals surface area contributed by atoms with Gasteiger partial charge < -0.3 is 9.47 Å². The second-order valence-electron chi connectivity index (χ2n) is 7.42. The van der Waals surface area contributed by atoms with Crippen LogP contribution in [-0.2, 0) is 10.2 Å². The summed E-state index contributed by atoms with van der Waals surface area (Å²) < 4.78 is 11.5. The summed E-state index contributed by atoms with van der Waals surface area (Å²) in [5.74, 6) is 0.980. The number of benzene rings is 3. The molecule has 3 aromatic carbocycles. The Morgan fingerprint density at radius 1 is 1.00 bits per heavy atom. The van der Waals surface area contributed by atoms with E-state index in [0.29, 0.717) is 11.5 Å². The fourth-order valence-electron chi connectivity index (χ4n) is 4.08. The van der Waals surface area contributed by atoms with Crippen LogP contribution in [0.5, 0.6) is 11.5 Å². The van der Waals surface area contributed by atoms with Gasteiger partial charge >= 0.3 is 0 Å². The van der Waals surface area contributed by atoms with Gasteiger partial charge in [-0.3, -0.25) is 4.79 Å². The molecule has 1 amide bonds. The number of hydrazone groups is 1. The molecule has 1 aliphatic carbocycles. The molecule has 0 aliphatic heterocycles. The van der Waals surface area contributed by atoms with E-state index in [-0.39, 0.29) is 17.2 Å². The van der Waals surface area contributed by atoms with Gasteiger partial charge in [-0.25, -0.2) is 5.43 Å².